The Bertz CT molecular complexity index is 1050. The fourth-order valence-electron chi connectivity index (χ4n) is 3.00. The summed E-state index contributed by atoms with van der Waals surface area (Å²) in [4.78, 5) is 12.7. The SMILES string of the molecule is CCOc1c(Br)cc(/C=N\NC(=O)c2c(C)ccc3ccccc23)cc1OC. The van der Waals surface area contributed by atoms with Gasteiger partial charge in [0.05, 0.1) is 30.0 Å². The average Bonchev–Trinajstić information content (AvgIpc) is 2.69. The van der Waals surface area contributed by atoms with E-state index in [-0.39, 0.29) is 5.91 Å². The maximum atomic E-state index is 12.7. The number of hydrogen-bond donors (Lipinski definition) is 1. The molecule has 28 heavy (non-hydrogen) atoms. The number of amides is 1. The van der Waals surface area contributed by atoms with Crippen LogP contribution in [0.15, 0.2) is 58.1 Å². The Morgan fingerprint density at radius 2 is 2.00 bits per heavy atom. The fourth-order valence-corrected chi connectivity index (χ4v) is 3.58. The van der Waals surface area contributed by atoms with Crippen molar-refractivity contribution in [1.29, 1.82) is 0 Å². The molecule has 1 amide bonds. The molecule has 3 aromatic rings. The van der Waals surface area contributed by atoms with Gasteiger partial charge in [-0.15, -0.1) is 0 Å². The number of halogens is 1. The third kappa shape index (κ3) is 4.17. The first-order chi connectivity index (χ1) is 13.5. The van der Waals surface area contributed by atoms with Gasteiger partial charge in [-0.3, -0.25) is 4.79 Å². The Morgan fingerprint density at radius 1 is 1.21 bits per heavy atom. The van der Waals surface area contributed by atoms with Gasteiger partial charge in [0.2, 0.25) is 0 Å². The molecule has 1 N–H and O–H groups in total. The summed E-state index contributed by atoms with van der Waals surface area (Å²) < 4.78 is 11.7. The quantitative estimate of drug-likeness (QED) is 0.429. The summed E-state index contributed by atoms with van der Waals surface area (Å²) in [6, 6.07) is 15.4. The molecular weight excluding hydrogens is 420 g/mol. The molecule has 3 rings (SSSR count). The summed E-state index contributed by atoms with van der Waals surface area (Å²) in [5, 5.41) is 6.04. The van der Waals surface area contributed by atoms with E-state index in [2.05, 4.69) is 26.5 Å². The van der Waals surface area contributed by atoms with Gasteiger partial charge in [-0.05, 0) is 63.8 Å². The van der Waals surface area contributed by atoms with Crippen molar-refractivity contribution in [2.45, 2.75) is 13.8 Å². The highest BCUT2D eigenvalue weighted by molar-refractivity contribution is 9.10. The topological polar surface area (TPSA) is 59.9 Å². The predicted octanol–water partition coefficient (Wildman–Crippen LogP) is 5.08. The van der Waals surface area contributed by atoms with Gasteiger partial charge in [0.1, 0.15) is 0 Å². The number of nitrogens with one attached hydrogen (secondary N) is 1. The lowest BCUT2D eigenvalue weighted by molar-refractivity contribution is 0.0956. The van der Waals surface area contributed by atoms with Gasteiger partial charge in [-0.1, -0.05) is 36.4 Å². The number of hydrazone groups is 1. The Kier molecular flexibility index (Phi) is 6.31. The van der Waals surface area contributed by atoms with E-state index >= 15 is 0 Å². The Labute approximate surface area is 172 Å². The van der Waals surface area contributed by atoms with E-state index in [0.29, 0.717) is 23.7 Å². The number of rotatable bonds is 6. The third-order valence-corrected chi connectivity index (χ3v) is 4.87. The highest BCUT2D eigenvalue weighted by Gasteiger charge is 2.13. The van der Waals surface area contributed by atoms with E-state index < -0.39 is 0 Å². The van der Waals surface area contributed by atoms with Crippen LogP contribution in [0.4, 0.5) is 0 Å². The molecule has 3 aromatic carbocycles. The number of carbonyl (C=O) groups is 1. The molecule has 0 fully saturated rings. The Morgan fingerprint density at radius 3 is 2.75 bits per heavy atom. The number of benzene rings is 3. The highest BCUT2D eigenvalue weighted by Crippen LogP contribution is 2.36. The van der Waals surface area contributed by atoms with E-state index in [9.17, 15) is 4.79 Å². The van der Waals surface area contributed by atoms with Gasteiger partial charge in [-0.2, -0.15) is 5.10 Å². The highest BCUT2D eigenvalue weighted by atomic mass is 79.9. The normalized spacial score (nSPS) is 11.0. The lowest BCUT2D eigenvalue weighted by Crippen LogP contribution is -2.19. The zero-order valence-corrected chi connectivity index (χ0v) is 17.5. The molecule has 0 aliphatic carbocycles. The summed E-state index contributed by atoms with van der Waals surface area (Å²) in [5.41, 5.74) is 4.91. The number of ether oxygens (including phenoxy) is 2. The van der Waals surface area contributed by atoms with Crippen LogP contribution in [0.2, 0.25) is 0 Å². The number of aryl methyl sites for hydroxylation is 1. The summed E-state index contributed by atoms with van der Waals surface area (Å²) >= 11 is 3.48. The number of fused-ring (bicyclic) bond motifs is 1. The van der Waals surface area contributed by atoms with E-state index in [1.807, 2.05) is 56.3 Å². The molecule has 0 bridgehead atoms. The molecule has 0 aliphatic heterocycles. The van der Waals surface area contributed by atoms with Gasteiger partial charge in [0, 0.05) is 0 Å². The van der Waals surface area contributed by atoms with E-state index in [4.69, 9.17) is 9.47 Å². The molecule has 0 saturated heterocycles. The zero-order valence-electron chi connectivity index (χ0n) is 16.0. The first-order valence-corrected chi connectivity index (χ1v) is 9.66. The van der Waals surface area contributed by atoms with Crippen LogP contribution in [0.1, 0.15) is 28.4 Å². The van der Waals surface area contributed by atoms with Crippen molar-refractivity contribution in [3.05, 3.63) is 69.7 Å². The second kappa shape index (κ2) is 8.89. The van der Waals surface area contributed by atoms with Crippen LogP contribution in [0.25, 0.3) is 10.8 Å². The van der Waals surface area contributed by atoms with Crippen LogP contribution in [-0.2, 0) is 0 Å². The molecular formula is C22H21BrN2O3. The van der Waals surface area contributed by atoms with Crippen molar-refractivity contribution in [2.75, 3.05) is 13.7 Å². The molecule has 5 nitrogen and oxygen atoms in total. The van der Waals surface area contributed by atoms with E-state index in [1.54, 1.807) is 19.4 Å². The lowest BCUT2D eigenvalue weighted by Gasteiger charge is -2.12. The second-order valence-electron chi connectivity index (χ2n) is 6.14. The monoisotopic (exact) mass is 440 g/mol. The van der Waals surface area contributed by atoms with Crippen molar-refractivity contribution in [1.82, 2.24) is 5.43 Å². The van der Waals surface area contributed by atoms with E-state index in [1.165, 1.54) is 0 Å². The number of nitrogens with zero attached hydrogens (tertiary/aromatic N) is 1. The first kappa shape index (κ1) is 19.9. The summed E-state index contributed by atoms with van der Waals surface area (Å²) in [6.07, 6.45) is 1.57. The molecule has 0 spiro atoms. The molecule has 0 aliphatic rings. The molecule has 6 heteroatoms. The molecule has 0 radical (unpaired) electrons. The molecule has 0 atom stereocenters. The number of carbonyl (C=O) groups excluding carboxylic acids is 1. The second-order valence-corrected chi connectivity index (χ2v) is 7.00. The van der Waals surface area contributed by atoms with Crippen molar-refractivity contribution in [3.8, 4) is 11.5 Å². The Balaban J connectivity index is 1.83. The largest absolute Gasteiger partial charge is 0.493 e. The van der Waals surface area contributed by atoms with Crippen LogP contribution in [-0.4, -0.2) is 25.8 Å². The van der Waals surface area contributed by atoms with Gasteiger partial charge in [-0.25, -0.2) is 5.43 Å². The lowest BCUT2D eigenvalue weighted by atomic mass is 9.99. The van der Waals surface area contributed by atoms with E-state index in [0.717, 1.165) is 26.4 Å². The maximum absolute atomic E-state index is 12.7. The van der Waals surface area contributed by atoms with Crippen LogP contribution >= 0.6 is 15.9 Å². The first-order valence-electron chi connectivity index (χ1n) is 8.87. The van der Waals surface area contributed by atoms with Crippen LogP contribution in [0.5, 0.6) is 11.5 Å². The maximum Gasteiger partial charge on any atom is 0.272 e. The van der Waals surface area contributed by atoms with Crippen molar-refractivity contribution in [2.24, 2.45) is 5.10 Å². The average molecular weight is 441 g/mol. The smallest absolute Gasteiger partial charge is 0.272 e. The minimum absolute atomic E-state index is 0.248. The van der Waals surface area contributed by atoms with Crippen LogP contribution in [0.3, 0.4) is 0 Å². The van der Waals surface area contributed by atoms with Crippen molar-refractivity contribution in [3.63, 3.8) is 0 Å². The number of hydrogen-bond acceptors (Lipinski definition) is 4. The van der Waals surface area contributed by atoms with Gasteiger partial charge >= 0.3 is 0 Å². The predicted molar refractivity (Wildman–Crippen MR) is 116 cm³/mol. The Hall–Kier alpha value is -2.86. The standard InChI is InChI=1S/C22H21BrN2O3/c1-4-28-21-18(23)11-15(12-19(21)27-3)13-24-25-22(26)20-14(2)9-10-16-7-5-6-8-17(16)20/h5-13H,4H2,1-3H3,(H,25,26)/b24-13-. The summed E-state index contributed by atoms with van der Waals surface area (Å²) in [6.45, 7) is 4.36. The van der Waals surface area contributed by atoms with Crippen molar-refractivity contribution >= 4 is 38.8 Å². The van der Waals surface area contributed by atoms with Gasteiger partial charge in [0.25, 0.3) is 5.91 Å². The molecule has 0 aromatic heterocycles. The molecule has 144 valence electrons. The fraction of sp³-hybridized carbons (Fsp3) is 0.182. The van der Waals surface area contributed by atoms with Crippen molar-refractivity contribution < 1.29 is 14.3 Å². The van der Waals surface area contributed by atoms with Crippen LogP contribution < -0.4 is 14.9 Å². The summed E-state index contributed by atoms with van der Waals surface area (Å²) in [7, 11) is 1.58. The zero-order chi connectivity index (χ0) is 20.1. The summed E-state index contributed by atoms with van der Waals surface area (Å²) in [5.74, 6) is 0.981. The number of methoxy groups -OCH3 is 1. The molecule has 0 unspecified atom stereocenters. The van der Waals surface area contributed by atoms with Crippen LogP contribution in [0, 0.1) is 6.92 Å². The molecule has 0 saturated carbocycles. The van der Waals surface area contributed by atoms with Gasteiger partial charge < -0.3 is 9.47 Å². The van der Waals surface area contributed by atoms with Gasteiger partial charge in [0.15, 0.2) is 11.5 Å². The third-order valence-electron chi connectivity index (χ3n) is 4.28. The minimum atomic E-state index is -0.248. The molecule has 0 heterocycles. The minimum Gasteiger partial charge on any atom is -0.493 e.